The van der Waals surface area contributed by atoms with Crippen LogP contribution in [-0.4, -0.2) is 49.5 Å². The van der Waals surface area contributed by atoms with Gasteiger partial charge in [0.25, 0.3) is 5.91 Å². The van der Waals surface area contributed by atoms with Crippen molar-refractivity contribution in [2.75, 3.05) is 20.8 Å². The van der Waals surface area contributed by atoms with Crippen molar-refractivity contribution < 1.29 is 28.7 Å². The largest absolute Gasteiger partial charge is 0.493 e. The van der Waals surface area contributed by atoms with Crippen LogP contribution in [0.5, 0.6) is 11.5 Å². The summed E-state index contributed by atoms with van der Waals surface area (Å²) in [5, 5.41) is 7.26. The third kappa shape index (κ3) is 4.64. The van der Waals surface area contributed by atoms with E-state index in [9.17, 15) is 19.2 Å². The number of methoxy groups -OCH3 is 2. The quantitative estimate of drug-likeness (QED) is 0.560. The number of rotatable bonds is 7. The maximum absolute atomic E-state index is 13.0. The number of nitrogens with zero attached hydrogens (tertiary/aromatic N) is 1. The molecule has 0 unspecified atom stereocenters. The lowest BCUT2D eigenvalue weighted by Gasteiger charge is -2.23. The van der Waals surface area contributed by atoms with Crippen molar-refractivity contribution in [3.8, 4) is 11.5 Å². The van der Waals surface area contributed by atoms with Gasteiger partial charge in [0.2, 0.25) is 5.91 Å². The number of hydrogen-bond acceptors (Lipinski definition) is 6. The van der Waals surface area contributed by atoms with Gasteiger partial charge in [0.1, 0.15) is 12.1 Å². The second-order valence-corrected chi connectivity index (χ2v) is 7.23. The van der Waals surface area contributed by atoms with Gasteiger partial charge in [0.05, 0.1) is 14.2 Å². The van der Waals surface area contributed by atoms with Crippen molar-refractivity contribution in [2.24, 2.45) is 0 Å². The van der Waals surface area contributed by atoms with Crippen LogP contribution in [0.2, 0.25) is 0 Å². The Hall–Kier alpha value is -4.08. The number of hydrogen-bond donors (Lipinski definition) is 3. The minimum Gasteiger partial charge on any atom is -0.493 e. The van der Waals surface area contributed by atoms with Gasteiger partial charge < -0.3 is 20.1 Å². The highest BCUT2D eigenvalue weighted by atomic mass is 16.5. The van der Waals surface area contributed by atoms with Crippen LogP contribution in [0.4, 0.5) is 9.59 Å². The maximum Gasteiger partial charge on any atom is 0.325 e. The maximum atomic E-state index is 13.0. The summed E-state index contributed by atoms with van der Waals surface area (Å²) < 4.78 is 10.5. The van der Waals surface area contributed by atoms with Crippen molar-refractivity contribution in [3.05, 3.63) is 59.7 Å². The molecular weight excluding hydrogens is 416 g/mol. The number of ether oxygens (including phenoxy) is 2. The Morgan fingerprint density at radius 2 is 1.72 bits per heavy atom. The van der Waals surface area contributed by atoms with Gasteiger partial charge in [-0.05, 0) is 30.2 Å². The molecule has 0 radical (unpaired) electrons. The van der Waals surface area contributed by atoms with Crippen LogP contribution in [0, 0.1) is 0 Å². The van der Waals surface area contributed by atoms with E-state index in [0.717, 1.165) is 10.5 Å². The van der Waals surface area contributed by atoms with Crippen molar-refractivity contribution in [2.45, 2.75) is 19.0 Å². The molecule has 0 aliphatic carbocycles. The van der Waals surface area contributed by atoms with Crippen LogP contribution in [0.1, 0.15) is 18.1 Å². The van der Waals surface area contributed by atoms with Gasteiger partial charge in [0, 0.05) is 6.54 Å². The van der Waals surface area contributed by atoms with E-state index in [0.29, 0.717) is 17.1 Å². The molecule has 2 aromatic rings. The fraction of sp³-hybridized carbons (Fsp3) is 0.273. The first-order chi connectivity index (χ1) is 15.3. The number of carbonyl (C=O) groups excluding carboxylic acids is 4. The average Bonchev–Trinajstić information content (AvgIpc) is 3.01. The second kappa shape index (κ2) is 9.38. The summed E-state index contributed by atoms with van der Waals surface area (Å²) >= 11 is 0. The fourth-order valence-electron chi connectivity index (χ4n) is 3.32. The van der Waals surface area contributed by atoms with Gasteiger partial charge in [-0.1, -0.05) is 36.4 Å². The van der Waals surface area contributed by atoms with Gasteiger partial charge in [-0.15, -0.1) is 0 Å². The Balaban J connectivity index is 1.64. The van der Waals surface area contributed by atoms with Crippen LogP contribution in [0.3, 0.4) is 0 Å². The van der Waals surface area contributed by atoms with E-state index in [2.05, 4.69) is 16.0 Å². The Kier molecular flexibility index (Phi) is 6.62. The first-order valence-electron chi connectivity index (χ1n) is 9.76. The van der Waals surface area contributed by atoms with Crippen molar-refractivity contribution >= 4 is 23.9 Å². The molecule has 32 heavy (non-hydrogen) atoms. The summed E-state index contributed by atoms with van der Waals surface area (Å²) in [5.74, 6) is -0.570. The van der Waals surface area contributed by atoms with E-state index in [4.69, 9.17) is 9.47 Å². The molecule has 3 rings (SSSR count). The molecule has 0 saturated carbocycles. The predicted octanol–water partition coefficient (Wildman–Crippen LogP) is 1.50. The summed E-state index contributed by atoms with van der Waals surface area (Å²) in [6, 6.07) is 12.5. The first-order valence-corrected chi connectivity index (χ1v) is 9.76. The molecule has 0 bridgehead atoms. The van der Waals surface area contributed by atoms with Gasteiger partial charge in [-0.25, -0.2) is 9.59 Å². The summed E-state index contributed by atoms with van der Waals surface area (Å²) in [7, 11) is 2.94. The zero-order valence-electron chi connectivity index (χ0n) is 17.9. The number of amides is 6. The second-order valence-electron chi connectivity index (χ2n) is 7.23. The average molecular weight is 440 g/mol. The molecule has 168 valence electrons. The van der Waals surface area contributed by atoms with Gasteiger partial charge >= 0.3 is 12.1 Å². The van der Waals surface area contributed by atoms with Crippen molar-refractivity contribution in [1.82, 2.24) is 20.9 Å². The molecule has 1 heterocycles. The summed E-state index contributed by atoms with van der Waals surface area (Å²) in [6.07, 6.45) is 0. The SMILES string of the molecule is COc1ccc([C@@]2(C)NC(=O)N(CC(=O)NC(=O)NCc3ccccc3)C2=O)cc1OC. The highest BCUT2D eigenvalue weighted by molar-refractivity contribution is 6.10. The molecule has 2 aromatic carbocycles. The molecule has 0 aromatic heterocycles. The number of benzene rings is 2. The van der Waals surface area contributed by atoms with E-state index in [1.54, 1.807) is 18.2 Å². The van der Waals surface area contributed by atoms with Crippen LogP contribution < -0.4 is 25.4 Å². The number of carbonyl (C=O) groups is 4. The molecule has 1 aliphatic rings. The highest BCUT2D eigenvalue weighted by Gasteiger charge is 2.49. The van der Waals surface area contributed by atoms with E-state index >= 15 is 0 Å². The normalized spacial score (nSPS) is 17.5. The minimum absolute atomic E-state index is 0.223. The Bertz CT molecular complexity index is 1040. The lowest BCUT2D eigenvalue weighted by Crippen LogP contribution is -2.46. The predicted molar refractivity (Wildman–Crippen MR) is 114 cm³/mol. The lowest BCUT2D eigenvalue weighted by atomic mass is 9.91. The fourth-order valence-corrected chi connectivity index (χ4v) is 3.32. The molecular formula is C22H24N4O6. The molecule has 10 heteroatoms. The highest BCUT2D eigenvalue weighted by Crippen LogP contribution is 2.35. The van der Waals surface area contributed by atoms with E-state index in [1.165, 1.54) is 21.1 Å². The van der Waals surface area contributed by atoms with E-state index < -0.39 is 36.0 Å². The van der Waals surface area contributed by atoms with Crippen LogP contribution in [-0.2, 0) is 21.7 Å². The molecule has 3 N–H and O–H groups in total. The molecule has 10 nitrogen and oxygen atoms in total. The third-order valence-corrected chi connectivity index (χ3v) is 5.09. The monoisotopic (exact) mass is 440 g/mol. The van der Waals surface area contributed by atoms with Crippen LogP contribution >= 0.6 is 0 Å². The Morgan fingerprint density at radius 3 is 2.38 bits per heavy atom. The number of imide groups is 2. The molecule has 1 atom stereocenters. The molecule has 1 aliphatic heterocycles. The third-order valence-electron chi connectivity index (χ3n) is 5.09. The molecule has 6 amide bonds. The summed E-state index contributed by atoms with van der Waals surface area (Å²) in [5.41, 5.74) is -0.0983. The van der Waals surface area contributed by atoms with Crippen molar-refractivity contribution in [3.63, 3.8) is 0 Å². The smallest absolute Gasteiger partial charge is 0.325 e. The first kappa shape index (κ1) is 22.6. The summed E-state index contributed by atoms with van der Waals surface area (Å²) in [6.45, 7) is 1.14. The van der Waals surface area contributed by atoms with Gasteiger partial charge in [-0.3, -0.25) is 19.8 Å². The van der Waals surface area contributed by atoms with Crippen molar-refractivity contribution in [1.29, 1.82) is 0 Å². The zero-order chi connectivity index (χ0) is 23.3. The molecule has 1 fully saturated rings. The molecule has 0 spiro atoms. The Morgan fingerprint density at radius 1 is 1.03 bits per heavy atom. The Labute approximate surface area is 184 Å². The minimum atomic E-state index is -1.41. The molecule has 1 saturated heterocycles. The lowest BCUT2D eigenvalue weighted by molar-refractivity contribution is -0.134. The number of nitrogens with one attached hydrogen (secondary N) is 3. The summed E-state index contributed by atoms with van der Waals surface area (Å²) in [4.78, 5) is 50.4. The van der Waals surface area contributed by atoms with Crippen LogP contribution in [0.15, 0.2) is 48.5 Å². The standard InChI is InChI=1S/C22H24N4O6/c1-22(15-9-10-16(31-2)17(11-15)32-3)19(28)26(21(30)25-22)13-18(27)24-20(29)23-12-14-7-5-4-6-8-14/h4-11H,12-13H2,1-3H3,(H,25,30)(H2,23,24,27,29)/t22-/m1/s1. The number of urea groups is 2. The zero-order valence-corrected chi connectivity index (χ0v) is 17.9. The van der Waals surface area contributed by atoms with Gasteiger partial charge in [0.15, 0.2) is 11.5 Å². The van der Waals surface area contributed by atoms with E-state index in [1.807, 2.05) is 30.3 Å². The van der Waals surface area contributed by atoms with E-state index in [-0.39, 0.29) is 6.54 Å². The van der Waals surface area contributed by atoms with Crippen LogP contribution in [0.25, 0.3) is 0 Å². The van der Waals surface area contributed by atoms with Gasteiger partial charge in [-0.2, -0.15) is 0 Å². The topological polar surface area (TPSA) is 126 Å².